The summed E-state index contributed by atoms with van der Waals surface area (Å²) in [6, 6.07) is 11.0. The predicted molar refractivity (Wildman–Crippen MR) is 97.6 cm³/mol. The van der Waals surface area contributed by atoms with Crippen molar-refractivity contribution in [1.82, 2.24) is 10.2 Å². The Kier molecular flexibility index (Phi) is 6.53. The van der Waals surface area contributed by atoms with Gasteiger partial charge in [0.1, 0.15) is 11.5 Å². The third-order valence-electron chi connectivity index (χ3n) is 4.31. The zero-order valence-corrected chi connectivity index (χ0v) is 15.2. The van der Waals surface area contributed by atoms with Crippen molar-refractivity contribution in [3.05, 3.63) is 59.7 Å². The molecule has 1 aliphatic rings. The molecule has 1 heterocycles. The summed E-state index contributed by atoms with van der Waals surface area (Å²) in [5.74, 6) is 0.0857. The van der Waals surface area contributed by atoms with Crippen LogP contribution in [0, 0.1) is 0 Å². The number of nitrogens with zero attached hydrogens (tertiary/aromatic N) is 1. The molecule has 5 nitrogen and oxygen atoms in total. The smallest absolute Gasteiger partial charge is 0.416 e. The molecule has 1 saturated heterocycles. The Morgan fingerprint density at radius 2 is 1.75 bits per heavy atom. The molecule has 1 N–H and O–H groups in total. The molecular weight excluding hydrogens is 373 g/mol. The number of hydrogen-bond donors (Lipinski definition) is 1. The van der Waals surface area contributed by atoms with Crippen LogP contribution in [0.25, 0.3) is 0 Å². The van der Waals surface area contributed by atoms with Crippen molar-refractivity contribution in [2.24, 2.45) is 0 Å². The topological polar surface area (TPSA) is 50.8 Å². The van der Waals surface area contributed by atoms with E-state index in [0.29, 0.717) is 31.1 Å². The fraction of sp³-hybridized carbons (Fsp3) is 0.350. The van der Waals surface area contributed by atoms with Crippen molar-refractivity contribution in [2.75, 3.05) is 39.4 Å². The molecule has 0 bridgehead atoms. The highest BCUT2D eigenvalue weighted by atomic mass is 19.4. The third kappa shape index (κ3) is 5.71. The predicted octanol–water partition coefficient (Wildman–Crippen LogP) is 3.56. The quantitative estimate of drug-likeness (QED) is 0.814. The average Bonchev–Trinajstić information content (AvgIpc) is 2.68. The Morgan fingerprint density at radius 3 is 2.46 bits per heavy atom. The number of hydrogen-bond acceptors (Lipinski definition) is 4. The number of halogens is 3. The van der Waals surface area contributed by atoms with E-state index in [2.05, 4.69) is 10.2 Å². The zero-order chi connectivity index (χ0) is 20.0. The van der Waals surface area contributed by atoms with Gasteiger partial charge in [0.2, 0.25) is 0 Å². The summed E-state index contributed by atoms with van der Waals surface area (Å²) in [5, 5.41) is 2.84. The maximum atomic E-state index is 12.8. The van der Waals surface area contributed by atoms with Gasteiger partial charge >= 0.3 is 6.18 Å². The van der Waals surface area contributed by atoms with Gasteiger partial charge in [-0.3, -0.25) is 9.69 Å². The van der Waals surface area contributed by atoms with Crippen molar-refractivity contribution in [3.8, 4) is 11.5 Å². The fourth-order valence-corrected chi connectivity index (χ4v) is 2.83. The van der Waals surface area contributed by atoms with Gasteiger partial charge in [0.15, 0.2) is 0 Å². The number of nitrogens with one attached hydrogen (secondary N) is 1. The minimum absolute atomic E-state index is 0.0553. The fourth-order valence-electron chi connectivity index (χ4n) is 2.83. The van der Waals surface area contributed by atoms with Crippen LogP contribution < -0.4 is 10.1 Å². The van der Waals surface area contributed by atoms with Crippen molar-refractivity contribution in [3.63, 3.8) is 0 Å². The van der Waals surface area contributed by atoms with Crippen LogP contribution >= 0.6 is 0 Å². The van der Waals surface area contributed by atoms with Crippen molar-refractivity contribution >= 4 is 5.91 Å². The summed E-state index contributed by atoms with van der Waals surface area (Å²) < 4.78 is 49.2. The molecule has 28 heavy (non-hydrogen) atoms. The van der Waals surface area contributed by atoms with Gasteiger partial charge in [0, 0.05) is 31.7 Å². The van der Waals surface area contributed by atoms with Crippen LogP contribution in [0.1, 0.15) is 15.9 Å². The monoisotopic (exact) mass is 394 g/mol. The lowest BCUT2D eigenvalue weighted by atomic mass is 10.2. The summed E-state index contributed by atoms with van der Waals surface area (Å²) in [4.78, 5) is 14.5. The number of carbonyl (C=O) groups is 1. The highest BCUT2D eigenvalue weighted by Gasteiger charge is 2.30. The molecule has 0 aliphatic carbocycles. The summed E-state index contributed by atoms with van der Waals surface area (Å²) in [6.07, 6.45) is -4.44. The van der Waals surface area contributed by atoms with E-state index in [1.165, 1.54) is 18.2 Å². The minimum Gasteiger partial charge on any atom is -0.457 e. The number of alkyl halides is 3. The normalized spacial score (nSPS) is 15.2. The molecule has 0 saturated carbocycles. The van der Waals surface area contributed by atoms with E-state index in [1.54, 1.807) is 18.2 Å². The van der Waals surface area contributed by atoms with Crippen LogP contribution in [0.5, 0.6) is 11.5 Å². The van der Waals surface area contributed by atoms with Crippen LogP contribution in [0.15, 0.2) is 48.5 Å². The van der Waals surface area contributed by atoms with Gasteiger partial charge in [-0.1, -0.05) is 12.1 Å². The van der Waals surface area contributed by atoms with E-state index < -0.39 is 11.7 Å². The number of benzene rings is 2. The van der Waals surface area contributed by atoms with Gasteiger partial charge in [-0.25, -0.2) is 0 Å². The Hall–Kier alpha value is -2.58. The van der Waals surface area contributed by atoms with Gasteiger partial charge < -0.3 is 14.8 Å². The third-order valence-corrected chi connectivity index (χ3v) is 4.31. The van der Waals surface area contributed by atoms with Gasteiger partial charge in [0.25, 0.3) is 5.91 Å². The van der Waals surface area contributed by atoms with Gasteiger partial charge in [-0.05, 0) is 36.4 Å². The van der Waals surface area contributed by atoms with Crippen LogP contribution in [-0.2, 0) is 10.9 Å². The Morgan fingerprint density at radius 1 is 1.07 bits per heavy atom. The molecule has 2 aromatic carbocycles. The maximum absolute atomic E-state index is 12.8. The van der Waals surface area contributed by atoms with Gasteiger partial charge in [-0.15, -0.1) is 0 Å². The van der Waals surface area contributed by atoms with Crippen LogP contribution in [-0.4, -0.2) is 50.2 Å². The number of carbonyl (C=O) groups excluding carboxylic acids is 1. The van der Waals surface area contributed by atoms with Gasteiger partial charge in [-0.2, -0.15) is 13.2 Å². The standard InChI is InChI=1S/C20H21F3N2O3/c21-20(22,23)16-4-2-6-18(14-16)28-17-5-1-3-15(13-17)19(26)24-7-8-25-9-11-27-12-10-25/h1-6,13-14H,7-12H2,(H,24,26). The molecule has 1 amide bonds. The molecule has 1 aliphatic heterocycles. The molecule has 0 unspecified atom stereocenters. The Balaban J connectivity index is 1.58. The van der Waals surface area contributed by atoms with Crippen LogP contribution in [0.3, 0.4) is 0 Å². The summed E-state index contributed by atoms with van der Waals surface area (Å²) in [6.45, 7) is 4.31. The molecule has 0 atom stereocenters. The first-order chi connectivity index (χ1) is 13.4. The molecular formula is C20H21F3N2O3. The Labute approximate surface area is 161 Å². The van der Waals surface area contributed by atoms with E-state index in [9.17, 15) is 18.0 Å². The molecule has 8 heteroatoms. The first-order valence-corrected chi connectivity index (χ1v) is 8.95. The van der Waals surface area contributed by atoms with E-state index in [4.69, 9.17) is 9.47 Å². The second-order valence-electron chi connectivity index (χ2n) is 6.37. The highest BCUT2D eigenvalue weighted by Crippen LogP contribution is 2.32. The van der Waals surface area contributed by atoms with Crippen molar-refractivity contribution in [1.29, 1.82) is 0 Å². The molecule has 0 spiro atoms. The van der Waals surface area contributed by atoms with Crippen molar-refractivity contribution in [2.45, 2.75) is 6.18 Å². The first-order valence-electron chi connectivity index (χ1n) is 8.95. The molecule has 0 radical (unpaired) electrons. The van der Waals surface area contributed by atoms with E-state index in [-0.39, 0.29) is 11.7 Å². The maximum Gasteiger partial charge on any atom is 0.416 e. The lowest BCUT2D eigenvalue weighted by Crippen LogP contribution is -2.41. The highest BCUT2D eigenvalue weighted by molar-refractivity contribution is 5.94. The number of rotatable bonds is 6. The zero-order valence-electron chi connectivity index (χ0n) is 15.2. The largest absolute Gasteiger partial charge is 0.457 e. The average molecular weight is 394 g/mol. The second-order valence-corrected chi connectivity index (χ2v) is 6.37. The van der Waals surface area contributed by atoms with Gasteiger partial charge in [0.05, 0.1) is 18.8 Å². The minimum atomic E-state index is -4.44. The number of amides is 1. The molecule has 1 fully saturated rings. The summed E-state index contributed by atoms with van der Waals surface area (Å²) in [5.41, 5.74) is -0.409. The van der Waals surface area contributed by atoms with Crippen LogP contribution in [0.2, 0.25) is 0 Å². The Bertz CT molecular complexity index is 805. The lowest BCUT2D eigenvalue weighted by Gasteiger charge is -2.26. The second kappa shape index (κ2) is 9.07. The molecule has 2 aromatic rings. The lowest BCUT2D eigenvalue weighted by molar-refractivity contribution is -0.137. The summed E-state index contributed by atoms with van der Waals surface area (Å²) >= 11 is 0. The van der Waals surface area contributed by atoms with E-state index in [0.717, 1.165) is 31.8 Å². The van der Waals surface area contributed by atoms with Crippen molar-refractivity contribution < 1.29 is 27.4 Å². The SMILES string of the molecule is O=C(NCCN1CCOCC1)c1cccc(Oc2cccc(C(F)(F)F)c2)c1. The molecule has 0 aromatic heterocycles. The number of morpholine rings is 1. The number of ether oxygens (including phenoxy) is 2. The molecule has 150 valence electrons. The van der Waals surface area contributed by atoms with E-state index >= 15 is 0 Å². The van der Waals surface area contributed by atoms with E-state index in [1.807, 2.05) is 0 Å². The molecule has 3 rings (SSSR count). The first kappa shape index (κ1) is 20.2. The summed E-state index contributed by atoms with van der Waals surface area (Å²) in [7, 11) is 0. The van der Waals surface area contributed by atoms with Crippen LogP contribution in [0.4, 0.5) is 13.2 Å².